The van der Waals surface area contributed by atoms with E-state index in [-0.39, 0.29) is 5.56 Å². The average Bonchev–Trinajstić information content (AvgIpc) is 2.79. The van der Waals surface area contributed by atoms with Crippen LogP contribution in [-0.4, -0.2) is 15.9 Å². The number of aromatic nitrogens is 2. The highest BCUT2D eigenvalue weighted by molar-refractivity contribution is 9.10. The second-order valence-corrected chi connectivity index (χ2v) is 8.21. The summed E-state index contributed by atoms with van der Waals surface area (Å²) in [5, 5.41) is 5.65. The predicted molar refractivity (Wildman–Crippen MR) is 128 cm³/mol. The van der Waals surface area contributed by atoms with E-state index < -0.39 is 0 Å². The maximum absolute atomic E-state index is 13.1. The average molecular weight is 497 g/mol. The van der Waals surface area contributed by atoms with E-state index in [0.29, 0.717) is 40.5 Å². The van der Waals surface area contributed by atoms with Crippen LogP contribution in [0.1, 0.15) is 23.9 Å². The SMILES string of the molecule is CCc1nc2ccc(Br)cc2c(=O)n1N=Cc1ccccc1OCc1ccc(Cl)cc1. The smallest absolute Gasteiger partial charge is 0.282 e. The van der Waals surface area contributed by atoms with E-state index in [4.69, 9.17) is 16.3 Å². The van der Waals surface area contributed by atoms with Gasteiger partial charge in [-0.25, -0.2) is 4.98 Å². The highest BCUT2D eigenvalue weighted by atomic mass is 79.9. The summed E-state index contributed by atoms with van der Waals surface area (Å²) in [4.78, 5) is 17.7. The van der Waals surface area contributed by atoms with Crippen molar-refractivity contribution in [1.29, 1.82) is 0 Å². The van der Waals surface area contributed by atoms with Crippen LogP contribution in [0.4, 0.5) is 0 Å². The number of para-hydroxylation sites is 1. The number of ether oxygens (including phenoxy) is 1. The van der Waals surface area contributed by atoms with Gasteiger partial charge in [-0.05, 0) is 48.0 Å². The standard InChI is InChI=1S/C24H19BrClN3O2/c1-2-23-28-21-12-9-18(25)13-20(21)24(30)29(23)27-14-17-5-3-4-6-22(17)31-15-16-7-10-19(26)11-8-16/h3-14H,2,15H2,1H3. The number of fused-ring (bicyclic) bond motifs is 1. The molecule has 0 saturated heterocycles. The summed E-state index contributed by atoms with van der Waals surface area (Å²) < 4.78 is 8.15. The second kappa shape index (κ2) is 9.45. The minimum atomic E-state index is -0.209. The molecule has 31 heavy (non-hydrogen) atoms. The molecule has 0 unspecified atom stereocenters. The first-order valence-corrected chi connectivity index (χ1v) is 10.9. The number of hydrogen-bond donors (Lipinski definition) is 0. The van der Waals surface area contributed by atoms with Gasteiger partial charge in [0.05, 0.1) is 17.1 Å². The van der Waals surface area contributed by atoms with Crippen molar-refractivity contribution in [1.82, 2.24) is 9.66 Å². The maximum atomic E-state index is 13.1. The fourth-order valence-electron chi connectivity index (χ4n) is 3.12. The monoisotopic (exact) mass is 495 g/mol. The van der Waals surface area contributed by atoms with E-state index in [1.807, 2.05) is 67.6 Å². The van der Waals surface area contributed by atoms with Gasteiger partial charge < -0.3 is 4.74 Å². The number of benzene rings is 3. The lowest BCUT2D eigenvalue weighted by molar-refractivity contribution is 0.306. The zero-order valence-electron chi connectivity index (χ0n) is 16.8. The van der Waals surface area contributed by atoms with Crippen LogP contribution >= 0.6 is 27.5 Å². The molecular formula is C24H19BrClN3O2. The van der Waals surface area contributed by atoms with E-state index in [0.717, 1.165) is 15.6 Å². The molecule has 0 amide bonds. The number of aryl methyl sites for hydroxylation is 1. The number of hydrogen-bond acceptors (Lipinski definition) is 4. The molecule has 0 aliphatic carbocycles. The molecule has 0 radical (unpaired) electrons. The van der Waals surface area contributed by atoms with Crippen molar-refractivity contribution >= 4 is 44.6 Å². The van der Waals surface area contributed by atoms with E-state index >= 15 is 0 Å². The molecule has 7 heteroatoms. The van der Waals surface area contributed by atoms with Gasteiger partial charge in [-0.15, -0.1) is 0 Å². The van der Waals surface area contributed by atoms with Gasteiger partial charge in [-0.3, -0.25) is 4.79 Å². The van der Waals surface area contributed by atoms with E-state index in [9.17, 15) is 4.79 Å². The largest absolute Gasteiger partial charge is 0.488 e. The molecule has 3 aromatic carbocycles. The Bertz CT molecular complexity index is 1320. The highest BCUT2D eigenvalue weighted by Gasteiger charge is 2.10. The van der Waals surface area contributed by atoms with Crippen molar-refractivity contribution in [2.75, 3.05) is 0 Å². The van der Waals surface area contributed by atoms with Crippen LogP contribution in [-0.2, 0) is 13.0 Å². The summed E-state index contributed by atoms with van der Waals surface area (Å²) in [6.07, 6.45) is 2.20. The highest BCUT2D eigenvalue weighted by Crippen LogP contribution is 2.19. The normalized spacial score (nSPS) is 11.3. The minimum Gasteiger partial charge on any atom is -0.488 e. The third-order valence-corrected chi connectivity index (χ3v) is 5.48. The van der Waals surface area contributed by atoms with Crippen LogP contribution in [0.3, 0.4) is 0 Å². The molecular weight excluding hydrogens is 478 g/mol. The molecule has 1 aromatic heterocycles. The summed E-state index contributed by atoms with van der Waals surface area (Å²) in [6, 6.07) is 20.5. The quantitative estimate of drug-likeness (QED) is 0.315. The summed E-state index contributed by atoms with van der Waals surface area (Å²) >= 11 is 9.36. The van der Waals surface area contributed by atoms with Crippen LogP contribution in [0.25, 0.3) is 10.9 Å². The Morgan fingerprint density at radius 3 is 2.68 bits per heavy atom. The van der Waals surface area contributed by atoms with Crippen molar-refractivity contribution < 1.29 is 4.74 Å². The zero-order chi connectivity index (χ0) is 21.8. The fourth-order valence-corrected chi connectivity index (χ4v) is 3.61. The van der Waals surface area contributed by atoms with Crippen molar-refractivity contribution in [2.45, 2.75) is 20.0 Å². The predicted octanol–water partition coefficient (Wildman–Crippen LogP) is 5.84. The molecule has 4 rings (SSSR count). The molecule has 0 fully saturated rings. The molecule has 0 N–H and O–H groups in total. The molecule has 0 spiro atoms. The van der Waals surface area contributed by atoms with Gasteiger partial charge in [0.2, 0.25) is 0 Å². The van der Waals surface area contributed by atoms with Gasteiger partial charge in [0.1, 0.15) is 18.2 Å². The van der Waals surface area contributed by atoms with Gasteiger partial charge in [0.25, 0.3) is 5.56 Å². The third-order valence-electron chi connectivity index (χ3n) is 4.73. The number of rotatable bonds is 6. The van der Waals surface area contributed by atoms with Crippen molar-refractivity contribution in [3.8, 4) is 5.75 Å². The summed E-state index contributed by atoms with van der Waals surface area (Å²) in [7, 11) is 0. The molecule has 0 saturated carbocycles. The van der Waals surface area contributed by atoms with E-state index in [1.54, 1.807) is 12.3 Å². The Morgan fingerprint density at radius 2 is 1.90 bits per heavy atom. The number of nitrogens with zero attached hydrogens (tertiary/aromatic N) is 3. The molecule has 0 bridgehead atoms. The van der Waals surface area contributed by atoms with Gasteiger partial charge in [-0.1, -0.05) is 58.7 Å². The molecule has 1 heterocycles. The lowest BCUT2D eigenvalue weighted by Crippen LogP contribution is -2.22. The van der Waals surface area contributed by atoms with Gasteiger partial charge in [0.15, 0.2) is 0 Å². The Balaban J connectivity index is 1.66. The van der Waals surface area contributed by atoms with E-state index in [2.05, 4.69) is 26.0 Å². The Labute approximate surface area is 193 Å². The van der Waals surface area contributed by atoms with Crippen LogP contribution in [0, 0.1) is 0 Å². The lowest BCUT2D eigenvalue weighted by atomic mass is 10.2. The number of halogens is 2. The molecule has 0 aliphatic heterocycles. The minimum absolute atomic E-state index is 0.209. The Kier molecular flexibility index (Phi) is 6.49. The van der Waals surface area contributed by atoms with Crippen molar-refractivity contribution in [2.24, 2.45) is 5.10 Å². The summed E-state index contributed by atoms with van der Waals surface area (Å²) in [6.45, 7) is 2.34. The van der Waals surface area contributed by atoms with Crippen LogP contribution < -0.4 is 10.3 Å². The topological polar surface area (TPSA) is 56.5 Å². The van der Waals surface area contributed by atoms with Crippen molar-refractivity contribution in [3.63, 3.8) is 0 Å². The van der Waals surface area contributed by atoms with Crippen LogP contribution in [0.5, 0.6) is 5.75 Å². The third kappa shape index (κ3) is 4.86. The lowest BCUT2D eigenvalue weighted by Gasteiger charge is -2.10. The fraction of sp³-hybridized carbons (Fsp3) is 0.125. The maximum Gasteiger partial charge on any atom is 0.282 e. The van der Waals surface area contributed by atoms with Crippen LogP contribution in [0.2, 0.25) is 5.02 Å². The molecule has 0 atom stereocenters. The van der Waals surface area contributed by atoms with Gasteiger partial charge >= 0.3 is 0 Å². The Hall–Kier alpha value is -2.96. The molecule has 156 valence electrons. The second-order valence-electron chi connectivity index (χ2n) is 6.86. The molecule has 5 nitrogen and oxygen atoms in total. The molecule has 4 aromatic rings. The first-order valence-electron chi connectivity index (χ1n) is 9.77. The zero-order valence-corrected chi connectivity index (χ0v) is 19.1. The van der Waals surface area contributed by atoms with Gasteiger partial charge in [-0.2, -0.15) is 9.78 Å². The van der Waals surface area contributed by atoms with Gasteiger partial charge in [0, 0.05) is 21.5 Å². The van der Waals surface area contributed by atoms with Crippen LogP contribution in [0.15, 0.2) is 81.1 Å². The Morgan fingerprint density at radius 1 is 1.13 bits per heavy atom. The summed E-state index contributed by atoms with van der Waals surface area (Å²) in [5.74, 6) is 1.26. The first kappa shape index (κ1) is 21.3. The first-order chi connectivity index (χ1) is 15.0. The van der Waals surface area contributed by atoms with Crippen molar-refractivity contribution in [3.05, 3.63) is 104 Å². The molecule has 0 aliphatic rings. The van der Waals surface area contributed by atoms with E-state index in [1.165, 1.54) is 4.68 Å². The summed E-state index contributed by atoms with van der Waals surface area (Å²) in [5.41, 5.74) is 2.21.